The highest BCUT2D eigenvalue weighted by Gasteiger charge is 2.07. The average Bonchev–Trinajstić information content (AvgIpc) is 2.50. The Bertz CT molecular complexity index is 259. The number of hydrogen-bond acceptors (Lipinski definition) is 4. The molecule has 60 valence electrons. The van der Waals surface area contributed by atoms with Gasteiger partial charge in [0.2, 0.25) is 0 Å². The zero-order chi connectivity index (χ0) is 8.27. The highest BCUT2D eigenvalue weighted by molar-refractivity contribution is 7.98. The van der Waals surface area contributed by atoms with Crippen molar-refractivity contribution in [1.82, 2.24) is 9.55 Å². The maximum Gasteiger partial charge on any atom is 0.419 e. The Morgan fingerprint density at radius 3 is 3.09 bits per heavy atom. The van der Waals surface area contributed by atoms with Crippen LogP contribution in [0.2, 0.25) is 0 Å². The maximum absolute atomic E-state index is 10.9. The minimum atomic E-state index is -0.410. The largest absolute Gasteiger partial charge is 0.452 e. The molecule has 0 saturated carbocycles. The lowest BCUT2D eigenvalue weighted by molar-refractivity contribution is 0.170. The molecule has 0 aliphatic rings. The first-order valence-electron chi connectivity index (χ1n) is 2.95. The predicted molar refractivity (Wildman–Crippen MR) is 41.8 cm³/mol. The number of aromatic nitrogens is 2. The van der Waals surface area contributed by atoms with E-state index in [1.165, 1.54) is 23.4 Å². The van der Waals surface area contributed by atoms with Crippen LogP contribution in [0.5, 0.6) is 0 Å². The minimum absolute atomic E-state index is 0.410. The van der Waals surface area contributed by atoms with Gasteiger partial charge in [-0.3, -0.25) is 0 Å². The van der Waals surface area contributed by atoms with Crippen molar-refractivity contribution >= 4 is 17.9 Å². The van der Waals surface area contributed by atoms with E-state index in [1.807, 2.05) is 6.26 Å². The minimum Gasteiger partial charge on any atom is -0.452 e. The monoisotopic (exact) mass is 172 g/mol. The molecule has 4 nitrogen and oxygen atoms in total. The average molecular weight is 172 g/mol. The molecule has 0 fully saturated rings. The third-order valence-electron chi connectivity index (χ3n) is 1.16. The van der Waals surface area contributed by atoms with Crippen molar-refractivity contribution in [2.45, 2.75) is 5.16 Å². The molecule has 0 unspecified atom stereocenters. The molecular weight excluding hydrogens is 164 g/mol. The van der Waals surface area contributed by atoms with Gasteiger partial charge in [-0.25, -0.2) is 14.3 Å². The van der Waals surface area contributed by atoms with E-state index in [4.69, 9.17) is 0 Å². The van der Waals surface area contributed by atoms with Crippen LogP contribution in [-0.4, -0.2) is 29.0 Å². The first kappa shape index (κ1) is 8.13. The van der Waals surface area contributed by atoms with Gasteiger partial charge < -0.3 is 4.74 Å². The molecule has 0 aromatic carbocycles. The topological polar surface area (TPSA) is 44.1 Å². The van der Waals surface area contributed by atoms with Crippen LogP contribution in [-0.2, 0) is 4.74 Å². The number of imidazole rings is 1. The lowest BCUT2D eigenvalue weighted by Gasteiger charge is -2.00. The molecule has 0 N–H and O–H groups in total. The van der Waals surface area contributed by atoms with E-state index in [9.17, 15) is 4.79 Å². The van der Waals surface area contributed by atoms with Crippen LogP contribution in [0.4, 0.5) is 4.79 Å². The lowest BCUT2D eigenvalue weighted by atomic mass is 10.9. The molecule has 0 spiro atoms. The molecule has 1 heterocycles. The second kappa shape index (κ2) is 3.43. The molecule has 0 aliphatic carbocycles. The summed E-state index contributed by atoms with van der Waals surface area (Å²) < 4.78 is 5.86. The molecule has 0 bridgehead atoms. The number of thioether (sulfide) groups is 1. The van der Waals surface area contributed by atoms with Crippen molar-refractivity contribution in [2.75, 3.05) is 13.4 Å². The van der Waals surface area contributed by atoms with Crippen LogP contribution >= 0.6 is 11.8 Å². The Balaban J connectivity index is 2.92. The van der Waals surface area contributed by atoms with Crippen molar-refractivity contribution in [3.05, 3.63) is 12.4 Å². The van der Waals surface area contributed by atoms with E-state index in [2.05, 4.69) is 9.72 Å². The summed E-state index contributed by atoms with van der Waals surface area (Å²) in [4.78, 5) is 14.9. The van der Waals surface area contributed by atoms with Crippen LogP contribution in [0.3, 0.4) is 0 Å². The van der Waals surface area contributed by atoms with E-state index >= 15 is 0 Å². The van der Waals surface area contributed by atoms with Gasteiger partial charge in [-0.1, -0.05) is 11.8 Å². The fourth-order valence-corrected chi connectivity index (χ4v) is 1.18. The molecular formula is C6H8N2O2S. The fraction of sp³-hybridized carbons (Fsp3) is 0.333. The summed E-state index contributed by atoms with van der Waals surface area (Å²) in [5, 5.41) is 0.636. The number of carbonyl (C=O) groups excluding carboxylic acids is 1. The van der Waals surface area contributed by atoms with E-state index in [0.29, 0.717) is 5.16 Å². The van der Waals surface area contributed by atoms with Crippen LogP contribution in [0, 0.1) is 0 Å². The number of carbonyl (C=O) groups is 1. The highest BCUT2D eigenvalue weighted by Crippen LogP contribution is 2.11. The van der Waals surface area contributed by atoms with Crippen molar-refractivity contribution in [1.29, 1.82) is 0 Å². The fourth-order valence-electron chi connectivity index (χ4n) is 0.678. The summed E-state index contributed by atoms with van der Waals surface area (Å²) >= 11 is 1.40. The molecule has 0 radical (unpaired) electrons. The molecule has 0 aliphatic heterocycles. The smallest absolute Gasteiger partial charge is 0.419 e. The Kier molecular flexibility index (Phi) is 2.53. The summed E-state index contributed by atoms with van der Waals surface area (Å²) in [5.74, 6) is 0. The van der Waals surface area contributed by atoms with Gasteiger partial charge in [-0.15, -0.1) is 0 Å². The molecule has 5 heteroatoms. The van der Waals surface area contributed by atoms with Crippen LogP contribution in [0.25, 0.3) is 0 Å². The standard InChI is InChI=1S/C6H8N2O2S/c1-10-6(9)8-4-3-7-5(8)11-2/h3-4H,1-2H3. The third-order valence-corrected chi connectivity index (χ3v) is 1.83. The van der Waals surface area contributed by atoms with Crippen molar-refractivity contribution in [3.63, 3.8) is 0 Å². The van der Waals surface area contributed by atoms with Crippen molar-refractivity contribution in [3.8, 4) is 0 Å². The lowest BCUT2D eigenvalue weighted by Crippen LogP contribution is -2.10. The molecule has 0 atom stereocenters. The van der Waals surface area contributed by atoms with Gasteiger partial charge in [0, 0.05) is 12.4 Å². The summed E-state index contributed by atoms with van der Waals surface area (Å²) in [6.45, 7) is 0. The van der Waals surface area contributed by atoms with Gasteiger partial charge in [0.15, 0.2) is 5.16 Å². The van der Waals surface area contributed by atoms with Gasteiger partial charge >= 0.3 is 6.09 Å². The van der Waals surface area contributed by atoms with Crippen LogP contribution < -0.4 is 0 Å². The summed E-state index contributed by atoms with van der Waals surface area (Å²) in [5.41, 5.74) is 0. The second-order valence-corrected chi connectivity index (χ2v) is 2.53. The number of methoxy groups -OCH3 is 1. The summed E-state index contributed by atoms with van der Waals surface area (Å²) in [6, 6.07) is 0. The Morgan fingerprint density at radius 2 is 2.55 bits per heavy atom. The van der Waals surface area contributed by atoms with Gasteiger partial charge in [0.05, 0.1) is 7.11 Å². The zero-order valence-electron chi connectivity index (χ0n) is 6.27. The first-order chi connectivity index (χ1) is 5.29. The predicted octanol–water partition coefficient (Wildman–Crippen LogP) is 1.22. The zero-order valence-corrected chi connectivity index (χ0v) is 7.09. The molecule has 0 saturated heterocycles. The normalized spacial score (nSPS) is 9.64. The number of ether oxygens (including phenoxy) is 1. The van der Waals surface area contributed by atoms with Crippen molar-refractivity contribution in [2.24, 2.45) is 0 Å². The van der Waals surface area contributed by atoms with Crippen molar-refractivity contribution < 1.29 is 9.53 Å². The summed E-state index contributed by atoms with van der Waals surface area (Å²) in [7, 11) is 1.34. The Morgan fingerprint density at radius 1 is 1.82 bits per heavy atom. The van der Waals surface area contributed by atoms with Gasteiger partial charge in [-0.2, -0.15) is 0 Å². The number of rotatable bonds is 1. The van der Waals surface area contributed by atoms with E-state index in [1.54, 1.807) is 12.4 Å². The Labute approximate surface area is 68.6 Å². The summed E-state index contributed by atoms with van der Waals surface area (Å²) in [6.07, 6.45) is 4.56. The van der Waals surface area contributed by atoms with E-state index in [-0.39, 0.29) is 0 Å². The number of hydrogen-bond donors (Lipinski definition) is 0. The van der Waals surface area contributed by atoms with E-state index in [0.717, 1.165) is 0 Å². The first-order valence-corrected chi connectivity index (χ1v) is 4.17. The maximum atomic E-state index is 10.9. The van der Waals surface area contributed by atoms with Crippen LogP contribution in [0.15, 0.2) is 17.6 Å². The quantitative estimate of drug-likeness (QED) is 0.597. The molecule has 11 heavy (non-hydrogen) atoms. The molecule has 1 rings (SSSR count). The second-order valence-electron chi connectivity index (χ2n) is 1.75. The van der Waals surface area contributed by atoms with Gasteiger partial charge in [0.25, 0.3) is 0 Å². The van der Waals surface area contributed by atoms with E-state index < -0.39 is 6.09 Å². The molecule has 1 aromatic rings. The van der Waals surface area contributed by atoms with Crippen LogP contribution in [0.1, 0.15) is 0 Å². The Hall–Kier alpha value is -0.970. The third kappa shape index (κ3) is 1.54. The highest BCUT2D eigenvalue weighted by atomic mass is 32.2. The number of nitrogens with zero attached hydrogens (tertiary/aromatic N) is 2. The molecule has 0 amide bonds. The SMILES string of the molecule is COC(=O)n1ccnc1SC. The van der Waals surface area contributed by atoms with Gasteiger partial charge in [-0.05, 0) is 6.26 Å². The van der Waals surface area contributed by atoms with Gasteiger partial charge in [0.1, 0.15) is 0 Å². The molecule has 1 aromatic heterocycles.